The number of nitrogen functional groups attached to an aromatic ring is 1. The highest BCUT2D eigenvalue weighted by Crippen LogP contribution is 2.44. The normalized spacial score (nSPS) is 21.1. The minimum absolute atomic E-state index is 0.173. The predicted octanol–water partition coefficient (Wildman–Crippen LogP) is 3.10. The van der Waals surface area contributed by atoms with Crippen LogP contribution in [0, 0.1) is 5.41 Å². The summed E-state index contributed by atoms with van der Waals surface area (Å²) < 4.78 is 0. The fourth-order valence-electron chi connectivity index (χ4n) is 1.72. The molecule has 92 valence electrons. The molecule has 0 aromatic heterocycles. The summed E-state index contributed by atoms with van der Waals surface area (Å²) in [6, 6.07) is 3.27. The maximum atomic E-state index is 12.0. The van der Waals surface area contributed by atoms with Crippen LogP contribution in [0.1, 0.15) is 30.6 Å². The van der Waals surface area contributed by atoms with Crippen LogP contribution in [0.4, 0.5) is 5.69 Å². The Morgan fingerprint density at radius 3 is 2.59 bits per heavy atom. The maximum Gasteiger partial charge on any atom is 0.253 e. The van der Waals surface area contributed by atoms with Crippen LogP contribution in [0.2, 0.25) is 10.0 Å². The predicted molar refractivity (Wildman–Crippen MR) is 70.5 cm³/mol. The quantitative estimate of drug-likeness (QED) is 0.813. The van der Waals surface area contributed by atoms with Gasteiger partial charge in [-0.15, -0.1) is 0 Å². The third kappa shape index (κ3) is 2.50. The van der Waals surface area contributed by atoms with Gasteiger partial charge in [0.05, 0.1) is 15.6 Å². The van der Waals surface area contributed by atoms with E-state index in [-0.39, 0.29) is 22.4 Å². The zero-order valence-electron chi connectivity index (χ0n) is 9.68. The zero-order chi connectivity index (χ0) is 12.8. The number of carbonyl (C=O) groups excluding carboxylic acids is 1. The summed E-state index contributed by atoms with van der Waals surface area (Å²) in [7, 11) is 0. The van der Waals surface area contributed by atoms with Crippen LogP contribution < -0.4 is 11.1 Å². The molecule has 0 radical (unpaired) electrons. The summed E-state index contributed by atoms with van der Waals surface area (Å²) in [6.07, 6.45) is 0.979. The van der Waals surface area contributed by atoms with Gasteiger partial charge in [0.1, 0.15) is 0 Å². The SMILES string of the molecule is CC1(C)CC1NC(=O)c1cc(N)cc(Cl)c1Cl. The second-order valence-corrected chi connectivity index (χ2v) is 5.87. The molecule has 0 saturated heterocycles. The van der Waals surface area contributed by atoms with Gasteiger partial charge in [0.25, 0.3) is 5.91 Å². The van der Waals surface area contributed by atoms with Gasteiger partial charge < -0.3 is 11.1 Å². The van der Waals surface area contributed by atoms with Gasteiger partial charge in [-0.3, -0.25) is 4.79 Å². The van der Waals surface area contributed by atoms with Crippen molar-refractivity contribution in [1.29, 1.82) is 0 Å². The van der Waals surface area contributed by atoms with Gasteiger partial charge in [0.15, 0.2) is 0 Å². The lowest BCUT2D eigenvalue weighted by molar-refractivity contribution is 0.0946. The number of nitrogens with two attached hydrogens (primary N) is 1. The minimum atomic E-state index is -0.222. The van der Waals surface area contributed by atoms with E-state index in [9.17, 15) is 4.79 Å². The van der Waals surface area contributed by atoms with Crippen LogP contribution in [-0.4, -0.2) is 11.9 Å². The van der Waals surface area contributed by atoms with Crippen molar-refractivity contribution in [2.24, 2.45) is 5.41 Å². The van der Waals surface area contributed by atoms with Crippen molar-refractivity contribution in [3.8, 4) is 0 Å². The lowest BCUT2D eigenvalue weighted by Crippen LogP contribution is -2.28. The fraction of sp³-hybridized carbons (Fsp3) is 0.417. The van der Waals surface area contributed by atoms with Crippen LogP contribution in [0.25, 0.3) is 0 Å². The summed E-state index contributed by atoms with van der Waals surface area (Å²) in [5.41, 5.74) is 6.58. The highest BCUT2D eigenvalue weighted by molar-refractivity contribution is 6.44. The molecule has 17 heavy (non-hydrogen) atoms. The van der Waals surface area contributed by atoms with Gasteiger partial charge in [0, 0.05) is 11.7 Å². The van der Waals surface area contributed by atoms with E-state index in [0.717, 1.165) is 6.42 Å². The second-order valence-electron chi connectivity index (χ2n) is 5.08. The molecule has 0 spiro atoms. The molecule has 1 aliphatic carbocycles. The van der Waals surface area contributed by atoms with Crippen molar-refractivity contribution in [3.63, 3.8) is 0 Å². The Kier molecular flexibility index (Phi) is 3.00. The van der Waals surface area contributed by atoms with E-state index in [1.165, 1.54) is 6.07 Å². The molecule has 3 nitrogen and oxygen atoms in total. The molecule has 5 heteroatoms. The standard InChI is InChI=1S/C12H14Cl2N2O/c1-12(2)5-9(12)16-11(17)7-3-6(15)4-8(13)10(7)14/h3-4,9H,5,15H2,1-2H3,(H,16,17). The Hall–Kier alpha value is -0.930. The highest BCUT2D eigenvalue weighted by Gasteiger charge is 2.46. The molecule has 0 heterocycles. The Labute approximate surface area is 110 Å². The minimum Gasteiger partial charge on any atom is -0.399 e. The number of anilines is 1. The molecule has 3 N–H and O–H groups in total. The number of hydrogen-bond acceptors (Lipinski definition) is 2. The molecule has 1 atom stereocenters. The first-order valence-corrected chi connectivity index (χ1v) is 6.12. The number of halogens is 2. The van der Waals surface area contributed by atoms with Gasteiger partial charge in [-0.05, 0) is 24.0 Å². The van der Waals surface area contributed by atoms with Crippen molar-refractivity contribution < 1.29 is 4.79 Å². The largest absolute Gasteiger partial charge is 0.399 e. The molecule has 1 aromatic rings. The molecule has 1 amide bonds. The van der Waals surface area contributed by atoms with E-state index in [1.807, 2.05) is 0 Å². The van der Waals surface area contributed by atoms with E-state index in [2.05, 4.69) is 19.2 Å². The van der Waals surface area contributed by atoms with Crippen LogP contribution in [0.5, 0.6) is 0 Å². The Balaban J connectivity index is 2.20. The second kappa shape index (κ2) is 4.07. The van der Waals surface area contributed by atoms with E-state index < -0.39 is 0 Å². The average Bonchev–Trinajstić information content (AvgIpc) is 2.79. The van der Waals surface area contributed by atoms with Gasteiger partial charge in [-0.2, -0.15) is 0 Å². The smallest absolute Gasteiger partial charge is 0.253 e. The van der Waals surface area contributed by atoms with E-state index in [1.54, 1.807) is 6.07 Å². The number of rotatable bonds is 2. The maximum absolute atomic E-state index is 12.0. The summed E-state index contributed by atoms with van der Waals surface area (Å²) in [6.45, 7) is 4.21. The molecular formula is C12H14Cl2N2O. The van der Waals surface area contributed by atoms with Crippen LogP contribution in [0.3, 0.4) is 0 Å². The summed E-state index contributed by atoms with van der Waals surface area (Å²) in [5.74, 6) is -0.222. The van der Waals surface area contributed by atoms with Gasteiger partial charge in [-0.1, -0.05) is 37.0 Å². The summed E-state index contributed by atoms with van der Waals surface area (Å²) in [4.78, 5) is 12.0. The molecule has 1 saturated carbocycles. The fourth-order valence-corrected chi connectivity index (χ4v) is 2.15. The zero-order valence-corrected chi connectivity index (χ0v) is 11.2. The Morgan fingerprint density at radius 2 is 2.06 bits per heavy atom. The highest BCUT2D eigenvalue weighted by atomic mass is 35.5. The van der Waals surface area contributed by atoms with Gasteiger partial charge >= 0.3 is 0 Å². The molecule has 2 rings (SSSR count). The number of nitrogens with one attached hydrogen (secondary N) is 1. The number of amides is 1. The van der Waals surface area contributed by atoms with Crippen molar-refractivity contribution in [1.82, 2.24) is 5.32 Å². The summed E-state index contributed by atoms with van der Waals surface area (Å²) in [5, 5.41) is 3.46. The van der Waals surface area contributed by atoms with E-state index >= 15 is 0 Å². The van der Waals surface area contributed by atoms with E-state index in [0.29, 0.717) is 16.3 Å². The van der Waals surface area contributed by atoms with Crippen molar-refractivity contribution >= 4 is 34.8 Å². The molecule has 0 aliphatic heterocycles. The van der Waals surface area contributed by atoms with Crippen LogP contribution >= 0.6 is 23.2 Å². The third-order valence-corrected chi connectivity index (χ3v) is 3.92. The average molecular weight is 273 g/mol. The van der Waals surface area contributed by atoms with Crippen molar-refractivity contribution in [2.45, 2.75) is 26.3 Å². The van der Waals surface area contributed by atoms with Crippen LogP contribution in [0.15, 0.2) is 12.1 Å². The number of benzene rings is 1. The number of hydrogen-bond donors (Lipinski definition) is 2. The number of carbonyl (C=O) groups is 1. The van der Waals surface area contributed by atoms with E-state index in [4.69, 9.17) is 28.9 Å². The molecule has 1 fully saturated rings. The topological polar surface area (TPSA) is 55.1 Å². The first-order valence-electron chi connectivity index (χ1n) is 5.36. The first-order chi connectivity index (χ1) is 7.81. The monoisotopic (exact) mass is 272 g/mol. The molecule has 1 aliphatic rings. The summed E-state index contributed by atoms with van der Waals surface area (Å²) >= 11 is 11.9. The molecule has 1 aromatic carbocycles. The van der Waals surface area contributed by atoms with Crippen LogP contribution in [-0.2, 0) is 0 Å². The van der Waals surface area contributed by atoms with Crippen molar-refractivity contribution in [3.05, 3.63) is 27.7 Å². The molecule has 0 bridgehead atoms. The Bertz CT molecular complexity index is 486. The first kappa shape index (κ1) is 12.5. The van der Waals surface area contributed by atoms with Gasteiger partial charge in [0.2, 0.25) is 0 Å². The lowest BCUT2D eigenvalue weighted by atomic mass is 10.1. The Morgan fingerprint density at radius 1 is 1.47 bits per heavy atom. The molecule has 1 unspecified atom stereocenters. The third-order valence-electron chi connectivity index (χ3n) is 3.11. The molecular weight excluding hydrogens is 259 g/mol. The lowest BCUT2D eigenvalue weighted by Gasteiger charge is -2.10. The van der Waals surface area contributed by atoms with Crippen molar-refractivity contribution in [2.75, 3.05) is 5.73 Å². The van der Waals surface area contributed by atoms with Gasteiger partial charge in [-0.25, -0.2) is 0 Å².